The Bertz CT molecular complexity index is 1130. The molecule has 2 aromatic rings. The molecule has 6 fully saturated rings. The summed E-state index contributed by atoms with van der Waals surface area (Å²) >= 11 is 6.10. The Morgan fingerprint density at radius 1 is 0.971 bits per heavy atom. The number of hydrogen-bond acceptors (Lipinski definition) is 4. The third-order valence-corrected chi connectivity index (χ3v) is 10.0. The van der Waals surface area contributed by atoms with Crippen LogP contribution in [0.5, 0.6) is 0 Å². The van der Waals surface area contributed by atoms with E-state index in [4.69, 9.17) is 16.0 Å². The number of piperidine rings is 1. The highest BCUT2D eigenvalue weighted by Gasteiger charge is 2.57. The fraction of sp³-hybridized carbons (Fsp3) is 0.679. The van der Waals surface area contributed by atoms with Crippen molar-refractivity contribution >= 4 is 34.5 Å². The first-order chi connectivity index (χ1) is 17.0. The number of rotatable bonds is 3. The van der Waals surface area contributed by atoms with Crippen molar-refractivity contribution in [2.24, 2.45) is 23.2 Å². The van der Waals surface area contributed by atoms with Gasteiger partial charge in [0.1, 0.15) is 11.6 Å². The van der Waals surface area contributed by atoms with E-state index in [1.165, 1.54) is 19.3 Å². The lowest BCUT2D eigenvalue weighted by molar-refractivity contribution is -0.162. The number of benzene rings is 1. The highest BCUT2D eigenvalue weighted by atomic mass is 35.5. The van der Waals surface area contributed by atoms with Crippen LogP contribution in [0.15, 0.2) is 22.6 Å². The number of nitrogens with zero attached hydrogens (tertiary/aromatic N) is 3. The minimum atomic E-state index is -0.265. The Kier molecular flexibility index (Phi) is 5.20. The molecule has 8 rings (SSSR count). The zero-order valence-electron chi connectivity index (χ0n) is 20.3. The summed E-state index contributed by atoms with van der Waals surface area (Å²) in [6.07, 6.45) is 10.6. The summed E-state index contributed by atoms with van der Waals surface area (Å²) in [6, 6.07) is 5.25. The molecule has 2 aliphatic heterocycles. The number of oxazole rings is 1. The van der Waals surface area contributed by atoms with Gasteiger partial charge in [-0.3, -0.25) is 9.59 Å². The number of amides is 2. The van der Waals surface area contributed by atoms with E-state index in [1.807, 2.05) is 28.0 Å². The molecule has 4 bridgehead atoms. The van der Waals surface area contributed by atoms with Crippen molar-refractivity contribution in [3.8, 4) is 0 Å². The summed E-state index contributed by atoms with van der Waals surface area (Å²) in [5.41, 5.74) is 1.38. The van der Waals surface area contributed by atoms with Crippen molar-refractivity contribution in [3.05, 3.63) is 29.1 Å². The molecule has 2 saturated heterocycles. The normalized spacial score (nSPS) is 34.8. The molecule has 1 aromatic carbocycles. The summed E-state index contributed by atoms with van der Waals surface area (Å²) in [4.78, 5) is 36.3. The van der Waals surface area contributed by atoms with E-state index in [0.717, 1.165) is 86.2 Å². The largest absolute Gasteiger partial charge is 0.440 e. The van der Waals surface area contributed by atoms with Crippen LogP contribution in [0, 0.1) is 23.2 Å². The summed E-state index contributed by atoms with van der Waals surface area (Å²) in [5.74, 6) is 3.64. The fourth-order valence-corrected chi connectivity index (χ4v) is 8.76. The van der Waals surface area contributed by atoms with Gasteiger partial charge in [0.05, 0.1) is 5.41 Å². The van der Waals surface area contributed by atoms with E-state index in [1.54, 1.807) is 0 Å². The molecule has 6 nitrogen and oxygen atoms in total. The van der Waals surface area contributed by atoms with Gasteiger partial charge in [0.2, 0.25) is 11.8 Å². The molecule has 186 valence electrons. The number of fused-ring (bicyclic) bond motifs is 1. The monoisotopic (exact) mass is 495 g/mol. The quantitative estimate of drug-likeness (QED) is 0.572. The molecule has 1 atom stereocenters. The van der Waals surface area contributed by atoms with E-state index in [0.29, 0.717) is 24.0 Å². The van der Waals surface area contributed by atoms with Gasteiger partial charge in [-0.25, -0.2) is 4.98 Å². The molecule has 4 aliphatic carbocycles. The number of halogens is 1. The standard InChI is InChI=1S/C28H34ClN3O3/c29-21-3-4-24-22(13-21)30-25(35-24)20-5-8-31(9-6-20)26(33)23-2-1-7-32(23)27(34)28-14-17-10-18(15-28)12-19(11-17)16-28/h3-4,13,17-20,23H,1-2,5-12,14-16H2. The van der Waals surface area contributed by atoms with Gasteiger partial charge in [-0.05, 0) is 100 Å². The lowest BCUT2D eigenvalue weighted by Gasteiger charge is -2.56. The average molecular weight is 496 g/mol. The molecular formula is C28H34ClN3O3. The number of hydrogen-bond donors (Lipinski definition) is 0. The predicted molar refractivity (Wildman–Crippen MR) is 133 cm³/mol. The average Bonchev–Trinajstić information content (AvgIpc) is 3.49. The van der Waals surface area contributed by atoms with Crippen molar-refractivity contribution < 1.29 is 14.0 Å². The van der Waals surface area contributed by atoms with Crippen LogP contribution in [0.1, 0.15) is 76.0 Å². The van der Waals surface area contributed by atoms with Gasteiger partial charge in [0.25, 0.3) is 0 Å². The second-order valence-electron chi connectivity index (χ2n) is 12.1. The van der Waals surface area contributed by atoms with Gasteiger partial charge in [-0.2, -0.15) is 0 Å². The van der Waals surface area contributed by atoms with Crippen LogP contribution in [0.25, 0.3) is 11.1 Å². The zero-order valence-corrected chi connectivity index (χ0v) is 21.0. The third-order valence-electron chi connectivity index (χ3n) is 9.81. The summed E-state index contributed by atoms with van der Waals surface area (Å²) in [6.45, 7) is 2.14. The molecule has 6 aliphatic rings. The Morgan fingerprint density at radius 3 is 2.34 bits per heavy atom. The van der Waals surface area contributed by atoms with E-state index in [2.05, 4.69) is 4.98 Å². The summed E-state index contributed by atoms with van der Waals surface area (Å²) < 4.78 is 6.00. The topological polar surface area (TPSA) is 66.7 Å². The first-order valence-corrected chi connectivity index (χ1v) is 14.0. The van der Waals surface area contributed by atoms with Gasteiger partial charge >= 0.3 is 0 Å². The van der Waals surface area contributed by atoms with Crippen LogP contribution in [0.3, 0.4) is 0 Å². The molecule has 1 unspecified atom stereocenters. The summed E-state index contributed by atoms with van der Waals surface area (Å²) in [5, 5.41) is 0.655. The Morgan fingerprint density at radius 2 is 1.66 bits per heavy atom. The highest BCUT2D eigenvalue weighted by Crippen LogP contribution is 2.60. The van der Waals surface area contributed by atoms with Crippen molar-refractivity contribution in [2.45, 2.75) is 76.2 Å². The van der Waals surface area contributed by atoms with Gasteiger partial charge < -0.3 is 14.2 Å². The minimum absolute atomic E-state index is 0.156. The maximum Gasteiger partial charge on any atom is 0.245 e. The minimum Gasteiger partial charge on any atom is -0.440 e. The van der Waals surface area contributed by atoms with Crippen LogP contribution >= 0.6 is 11.6 Å². The molecular weight excluding hydrogens is 462 g/mol. The number of carbonyl (C=O) groups excluding carboxylic acids is 2. The first-order valence-electron chi connectivity index (χ1n) is 13.6. The van der Waals surface area contributed by atoms with Gasteiger partial charge in [-0.1, -0.05) is 11.6 Å². The summed E-state index contributed by atoms with van der Waals surface area (Å²) in [7, 11) is 0. The lowest BCUT2D eigenvalue weighted by atomic mass is 9.49. The van der Waals surface area contributed by atoms with E-state index in [9.17, 15) is 9.59 Å². The molecule has 3 heterocycles. The van der Waals surface area contributed by atoms with Crippen LogP contribution in [0.2, 0.25) is 5.02 Å². The van der Waals surface area contributed by atoms with E-state index >= 15 is 0 Å². The van der Waals surface area contributed by atoms with Gasteiger partial charge in [-0.15, -0.1) is 0 Å². The molecule has 35 heavy (non-hydrogen) atoms. The van der Waals surface area contributed by atoms with Crippen molar-refractivity contribution in [1.82, 2.24) is 14.8 Å². The van der Waals surface area contributed by atoms with Crippen molar-refractivity contribution in [1.29, 1.82) is 0 Å². The Balaban J connectivity index is 1.02. The van der Waals surface area contributed by atoms with E-state index in [-0.39, 0.29) is 23.3 Å². The Hall–Kier alpha value is -2.08. The van der Waals surface area contributed by atoms with Gasteiger partial charge in [0.15, 0.2) is 11.5 Å². The second kappa shape index (κ2) is 8.22. The predicted octanol–water partition coefficient (Wildman–Crippen LogP) is 5.39. The molecule has 1 aromatic heterocycles. The molecule has 4 saturated carbocycles. The fourth-order valence-electron chi connectivity index (χ4n) is 8.59. The number of likely N-dealkylation sites (tertiary alicyclic amines) is 2. The zero-order chi connectivity index (χ0) is 23.7. The molecule has 0 N–H and O–H groups in total. The highest BCUT2D eigenvalue weighted by molar-refractivity contribution is 6.31. The maximum absolute atomic E-state index is 14.0. The first kappa shape index (κ1) is 22.1. The second-order valence-corrected chi connectivity index (χ2v) is 12.6. The van der Waals surface area contributed by atoms with Crippen molar-refractivity contribution in [2.75, 3.05) is 19.6 Å². The third kappa shape index (κ3) is 3.70. The maximum atomic E-state index is 14.0. The van der Waals surface area contributed by atoms with Crippen LogP contribution in [0.4, 0.5) is 0 Å². The Labute approximate surface area is 211 Å². The lowest BCUT2D eigenvalue weighted by Crippen LogP contribution is -2.57. The van der Waals surface area contributed by atoms with Crippen molar-refractivity contribution in [3.63, 3.8) is 0 Å². The van der Waals surface area contributed by atoms with E-state index < -0.39 is 0 Å². The molecule has 0 spiro atoms. The van der Waals surface area contributed by atoms with Crippen LogP contribution in [-0.4, -0.2) is 52.3 Å². The smallest absolute Gasteiger partial charge is 0.245 e. The van der Waals surface area contributed by atoms with Crippen LogP contribution in [-0.2, 0) is 9.59 Å². The van der Waals surface area contributed by atoms with Gasteiger partial charge in [0, 0.05) is 30.6 Å². The number of aromatic nitrogens is 1. The molecule has 7 heteroatoms. The van der Waals surface area contributed by atoms with Crippen LogP contribution < -0.4 is 0 Å². The molecule has 0 radical (unpaired) electrons. The molecule has 2 amide bonds. The number of carbonyl (C=O) groups is 2. The SMILES string of the molecule is O=C(C1CCCN1C(=O)C12CC3CC(CC(C3)C1)C2)N1CCC(c2nc3cc(Cl)ccc3o2)CC1.